The van der Waals surface area contributed by atoms with E-state index in [1.165, 1.54) is 6.07 Å². The third-order valence-electron chi connectivity index (χ3n) is 5.30. The van der Waals surface area contributed by atoms with Gasteiger partial charge in [0.1, 0.15) is 0 Å². The number of thiazole rings is 1. The summed E-state index contributed by atoms with van der Waals surface area (Å²) in [7, 11) is 0. The molecular weight excluding hydrogens is 555 g/mol. The average Bonchev–Trinajstić information content (AvgIpc) is 3.37. The fourth-order valence-corrected chi connectivity index (χ4v) is 6.47. The predicted molar refractivity (Wildman–Crippen MR) is 146 cm³/mol. The van der Waals surface area contributed by atoms with Crippen LogP contribution in [-0.2, 0) is 16.0 Å². The highest BCUT2D eigenvalue weighted by Gasteiger charge is 2.22. The van der Waals surface area contributed by atoms with E-state index in [-0.39, 0.29) is 16.8 Å². The summed E-state index contributed by atoms with van der Waals surface area (Å²) in [5.74, 6) is 0. The van der Waals surface area contributed by atoms with Crippen molar-refractivity contribution in [3.8, 4) is 16.4 Å². The Bertz CT molecular complexity index is 1480. The molecule has 0 aliphatic carbocycles. The van der Waals surface area contributed by atoms with Gasteiger partial charge in [0.25, 0.3) is 5.69 Å². The fraction of sp³-hybridized carbons (Fsp3) is 0.240. The molecule has 0 atom stereocenters. The van der Waals surface area contributed by atoms with Crippen molar-refractivity contribution in [1.82, 2.24) is 14.8 Å². The Morgan fingerprint density at radius 2 is 1.81 bits per heavy atom. The van der Waals surface area contributed by atoms with Gasteiger partial charge in [0.05, 0.1) is 30.6 Å². The van der Waals surface area contributed by atoms with E-state index in [1.807, 2.05) is 36.7 Å². The lowest BCUT2D eigenvalue weighted by Crippen LogP contribution is -2.00. The van der Waals surface area contributed by atoms with Gasteiger partial charge in [-0.1, -0.05) is 72.7 Å². The van der Waals surface area contributed by atoms with Crippen molar-refractivity contribution in [2.45, 2.75) is 43.6 Å². The highest BCUT2D eigenvalue weighted by molar-refractivity contribution is 8.01. The number of nitro benzene ring substituents is 1. The molecule has 0 spiro atoms. The van der Waals surface area contributed by atoms with Gasteiger partial charge in [-0.25, -0.2) is 9.67 Å². The van der Waals surface area contributed by atoms with E-state index >= 15 is 0 Å². The number of nitrogens with zero attached hydrogens (tertiary/aromatic N) is 4. The smallest absolute Gasteiger partial charge is 0.258 e. The van der Waals surface area contributed by atoms with Crippen molar-refractivity contribution >= 4 is 58.1 Å². The van der Waals surface area contributed by atoms with E-state index in [1.54, 1.807) is 41.3 Å². The highest BCUT2D eigenvalue weighted by atomic mass is 35.5. The number of rotatable bonds is 7. The Kier molecular flexibility index (Phi) is 9.64. The minimum absolute atomic E-state index is 0.112. The van der Waals surface area contributed by atoms with E-state index in [9.17, 15) is 10.1 Å². The van der Waals surface area contributed by atoms with Gasteiger partial charge in [-0.15, -0.1) is 11.8 Å². The normalized spacial score (nSPS) is 10.7. The van der Waals surface area contributed by atoms with E-state index in [2.05, 4.69) is 13.8 Å². The molecule has 0 saturated heterocycles. The van der Waals surface area contributed by atoms with Crippen LogP contribution in [0, 0.1) is 24.0 Å². The van der Waals surface area contributed by atoms with Crippen LogP contribution in [0.5, 0.6) is 0 Å². The standard InChI is InChI=1S/C24H22Cl2N4O2S2.CO2/c1-13(2)33-23-22(17-9-10-19(25)20(26)12-17)27-24(34-23)29-15(4)18(14(3)28-29)11-16-7-5-6-8-21(16)30(31)32;2-1-3/h5-10,12-13H,11H2,1-4H3;. The van der Waals surface area contributed by atoms with Gasteiger partial charge in [0.2, 0.25) is 5.13 Å². The Hall–Kier alpha value is -3.01. The zero-order valence-electron chi connectivity index (χ0n) is 20.3. The summed E-state index contributed by atoms with van der Waals surface area (Å²) in [5.41, 5.74) is 5.18. The van der Waals surface area contributed by atoms with Crippen LogP contribution in [0.2, 0.25) is 10.0 Å². The van der Waals surface area contributed by atoms with Gasteiger partial charge in [-0.3, -0.25) is 10.1 Å². The number of para-hydroxylation sites is 1. The van der Waals surface area contributed by atoms with Crippen LogP contribution in [0.15, 0.2) is 46.7 Å². The summed E-state index contributed by atoms with van der Waals surface area (Å²) in [6, 6.07) is 12.3. The molecule has 0 radical (unpaired) electrons. The SMILES string of the molecule is Cc1nn(-c2nc(-c3ccc(Cl)c(Cl)c3)c(SC(C)C)s2)c(C)c1Cc1ccccc1[N+](=O)[O-].O=C=O. The zero-order chi connectivity index (χ0) is 27.3. The average molecular weight is 578 g/mol. The second-order valence-electron chi connectivity index (χ2n) is 8.14. The lowest BCUT2D eigenvalue weighted by Gasteiger charge is -2.05. The summed E-state index contributed by atoms with van der Waals surface area (Å²) >= 11 is 15.7. The number of thioether (sulfide) groups is 1. The van der Waals surface area contributed by atoms with E-state index < -0.39 is 0 Å². The summed E-state index contributed by atoms with van der Waals surface area (Å²) < 4.78 is 2.89. The second kappa shape index (κ2) is 12.5. The van der Waals surface area contributed by atoms with Gasteiger partial charge in [0, 0.05) is 40.1 Å². The molecule has 0 N–H and O–H groups in total. The molecule has 0 aliphatic rings. The summed E-state index contributed by atoms with van der Waals surface area (Å²) in [6.07, 6.45) is 0.674. The van der Waals surface area contributed by atoms with E-state index in [0.717, 1.165) is 37.5 Å². The van der Waals surface area contributed by atoms with Gasteiger partial charge in [-0.2, -0.15) is 14.7 Å². The van der Waals surface area contributed by atoms with Crippen molar-refractivity contribution < 1.29 is 14.5 Å². The zero-order valence-corrected chi connectivity index (χ0v) is 23.5. The number of aryl methyl sites for hydroxylation is 1. The van der Waals surface area contributed by atoms with E-state index in [4.69, 9.17) is 42.9 Å². The van der Waals surface area contributed by atoms with Crippen LogP contribution in [0.25, 0.3) is 16.4 Å². The number of nitro groups is 1. The van der Waals surface area contributed by atoms with Crippen molar-refractivity contribution in [3.05, 3.63) is 85.1 Å². The number of halogens is 2. The largest absolute Gasteiger partial charge is 0.373 e. The molecule has 4 aromatic rings. The van der Waals surface area contributed by atoms with Gasteiger partial charge in [-0.05, 0) is 26.0 Å². The van der Waals surface area contributed by atoms with Crippen molar-refractivity contribution in [2.75, 3.05) is 0 Å². The van der Waals surface area contributed by atoms with Crippen LogP contribution in [0.1, 0.15) is 36.4 Å². The molecular formula is C25H22Cl2N4O4S2. The van der Waals surface area contributed by atoms with Crippen LogP contribution in [-0.4, -0.2) is 31.1 Å². The monoisotopic (exact) mass is 576 g/mol. The van der Waals surface area contributed by atoms with Gasteiger partial charge >= 0.3 is 6.15 Å². The maximum Gasteiger partial charge on any atom is 0.373 e. The van der Waals surface area contributed by atoms with Crippen LogP contribution in [0.3, 0.4) is 0 Å². The van der Waals surface area contributed by atoms with Crippen molar-refractivity contribution in [1.29, 1.82) is 0 Å². The van der Waals surface area contributed by atoms with Gasteiger partial charge < -0.3 is 0 Å². The fourth-order valence-electron chi connectivity index (χ4n) is 3.65. The molecule has 8 nitrogen and oxygen atoms in total. The van der Waals surface area contributed by atoms with Crippen molar-refractivity contribution in [3.63, 3.8) is 0 Å². The highest BCUT2D eigenvalue weighted by Crippen LogP contribution is 2.41. The molecule has 37 heavy (non-hydrogen) atoms. The minimum atomic E-state index is -0.343. The summed E-state index contributed by atoms with van der Waals surface area (Å²) in [5, 5.41) is 18.3. The van der Waals surface area contributed by atoms with Gasteiger partial charge in [0.15, 0.2) is 0 Å². The van der Waals surface area contributed by atoms with E-state index in [0.29, 0.717) is 27.3 Å². The molecule has 0 fully saturated rings. The molecule has 2 aromatic carbocycles. The topological polar surface area (TPSA) is 108 Å². The van der Waals surface area contributed by atoms with Crippen LogP contribution < -0.4 is 0 Å². The Morgan fingerprint density at radius 1 is 1.14 bits per heavy atom. The number of benzene rings is 2. The molecule has 0 unspecified atom stereocenters. The number of hydrogen-bond donors (Lipinski definition) is 0. The molecule has 0 saturated carbocycles. The van der Waals surface area contributed by atoms with Crippen LogP contribution >= 0.6 is 46.3 Å². The first-order valence-electron chi connectivity index (χ1n) is 11.0. The molecule has 2 aromatic heterocycles. The molecule has 0 amide bonds. The lowest BCUT2D eigenvalue weighted by molar-refractivity contribution is -0.385. The molecule has 4 rings (SSSR count). The van der Waals surface area contributed by atoms with Crippen LogP contribution in [0.4, 0.5) is 5.69 Å². The van der Waals surface area contributed by atoms with Crippen molar-refractivity contribution in [2.24, 2.45) is 0 Å². The predicted octanol–water partition coefficient (Wildman–Crippen LogP) is 7.34. The first-order chi connectivity index (χ1) is 17.6. The quantitative estimate of drug-likeness (QED) is 0.129. The first kappa shape index (κ1) is 28.6. The summed E-state index contributed by atoms with van der Waals surface area (Å²) in [6.45, 7) is 8.16. The Morgan fingerprint density at radius 3 is 2.43 bits per heavy atom. The maximum atomic E-state index is 11.5. The molecule has 12 heteroatoms. The Balaban J connectivity index is 0.00000121. The third-order valence-corrected chi connectivity index (χ3v) is 8.28. The molecule has 0 aliphatic heterocycles. The molecule has 0 bridgehead atoms. The minimum Gasteiger partial charge on any atom is -0.258 e. The Labute approximate surface area is 231 Å². The number of carbonyl (C=O) groups excluding carboxylic acids is 2. The lowest BCUT2D eigenvalue weighted by atomic mass is 10.0. The first-order valence-corrected chi connectivity index (χ1v) is 13.4. The number of aromatic nitrogens is 3. The number of hydrogen-bond acceptors (Lipinski definition) is 8. The summed E-state index contributed by atoms with van der Waals surface area (Å²) in [4.78, 5) is 32.3. The second-order valence-corrected chi connectivity index (χ2v) is 11.8. The molecule has 192 valence electrons. The third kappa shape index (κ3) is 6.66. The molecule has 2 heterocycles. The maximum absolute atomic E-state index is 11.5.